The number of hydrogen-bond donors (Lipinski definition) is 1. The first kappa shape index (κ1) is 24.5. The molecule has 3 aromatic rings. The lowest BCUT2D eigenvalue weighted by molar-refractivity contribution is 0.0985. The zero-order valence-corrected chi connectivity index (χ0v) is 19.3. The highest BCUT2D eigenvalue weighted by molar-refractivity contribution is 6.07. The molecule has 0 saturated heterocycles. The predicted octanol–water partition coefficient (Wildman–Crippen LogP) is 5.30. The van der Waals surface area contributed by atoms with Crippen molar-refractivity contribution in [2.24, 2.45) is 0 Å². The van der Waals surface area contributed by atoms with Gasteiger partial charge in [-0.05, 0) is 73.7 Å². The van der Waals surface area contributed by atoms with E-state index in [1.165, 1.54) is 0 Å². The molecule has 2 N–H and O–H groups in total. The average Bonchev–Trinajstić information content (AvgIpc) is 2.73. The van der Waals surface area contributed by atoms with Crippen LogP contribution >= 0.6 is 24.8 Å². The van der Waals surface area contributed by atoms with Crippen molar-refractivity contribution >= 4 is 42.1 Å². The summed E-state index contributed by atoms with van der Waals surface area (Å²) >= 11 is 0. The van der Waals surface area contributed by atoms with Crippen LogP contribution in [0.3, 0.4) is 0 Å². The van der Waals surface area contributed by atoms with Crippen molar-refractivity contribution < 1.29 is 9.53 Å². The van der Waals surface area contributed by atoms with Gasteiger partial charge < -0.3 is 15.4 Å². The Labute approximate surface area is 195 Å². The molecule has 1 aliphatic rings. The highest BCUT2D eigenvalue weighted by Crippen LogP contribution is 2.33. The van der Waals surface area contributed by atoms with Gasteiger partial charge >= 0.3 is 0 Å². The molecule has 0 radical (unpaired) electrons. The van der Waals surface area contributed by atoms with Gasteiger partial charge in [0.1, 0.15) is 12.4 Å². The number of nitrogen functional groups attached to an aromatic ring is 1. The van der Waals surface area contributed by atoms with Crippen molar-refractivity contribution in [1.82, 2.24) is 4.98 Å². The number of halogens is 2. The molecule has 2 aromatic carbocycles. The minimum Gasteiger partial charge on any atom is -0.488 e. The van der Waals surface area contributed by atoms with Crippen LogP contribution in [-0.2, 0) is 13.0 Å². The highest BCUT2D eigenvalue weighted by atomic mass is 35.5. The van der Waals surface area contributed by atoms with Crippen molar-refractivity contribution in [2.75, 3.05) is 17.2 Å². The minimum atomic E-state index is 0. The van der Waals surface area contributed by atoms with E-state index >= 15 is 0 Å². The molecule has 2 heterocycles. The van der Waals surface area contributed by atoms with Crippen LogP contribution in [0, 0.1) is 13.8 Å². The third-order valence-corrected chi connectivity index (χ3v) is 5.35. The molecule has 5 nitrogen and oxygen atoms in total. The molecule has 4 rings (SSSR count). The van der Waals surface area contributed by atoms with Crippen LogP contribution in [0.2, 0.25) is 0 Å². The number of rotatable bonds is 4. The lowest BCUT2D eigenvalue weighted by Crippen LogP contribution is -2.35. The van der Waals surface area contributed by atoms with Crippen molar-refractivity contribution in [3.05, 3.63) is 82.7 Å². The fraction of sp³-hybridized carbons (Fsp3) is 0.250. The van der Waals surface area contributed by atoms with Crippen molar-refractivity contribution in [2.45, 2.75) is 33.3 Å². The number of amides is 1. The fourth-order valence-corrected chi connectivity index (χ4v) is 3.96. The van der Waals surface area contributed by atoms with Crippen LogP contribution < -0.4 is 15.4 Å². The van der Waals surface area contributed by atoms with Gasteiger partial charge in [-0.25, -0.2) is 0 Å². The Morgan fingerprint density at radius 2 is 1.87 bits per heavy atom. The molecule has 0 spiro atoms. The van der Waals surface area contributed by atoms with Gasteiger partial charge in [0.05, 0.1) is 0 Å². The number of carbonyl (C=O) groups is 1. The number of aromatic nitrogens is 1. The molecule has 0 aliphatic carbocycles. The van der Waals surface area contributed by atoms with Gasteiger partial charge in [-0.1, -0.05) is 12.1 Å². The van der Waals surface area contributed by atoms with E-state index in [-0.39, 0.29) is 30.7 Å². The molecule has 0 saturated carbocycles. The van der Waals surface area contributed by atoms with Gasteiger partial charge in [-0.3, -0.25) is 9.78 Å². The number of hydrogen-bond acceptors (Lipinski definition) is 4. The second-order valence-corrected chi connectivity index (χ2v) is 7.49. The summed E-state index contributed by atoms with van der Waals surface area (Å²) in [6.45, 7) is 5.10. The zero-order valence-electron chi connectivity index (χ0n) is 17.6. The van der Waals surface area contributed by atoms with Gasteiger partial charge in [-0.15, -0.1) is 24.8 Å². The zero-order chi connectivity index (χ0) is 20.4. The summed E-state index contributed by atoms with van der Waals surface area (Å²) in [6, 6.07) is 13.5. The molecule has 1 amide bonds. The average molecular weight is 460 g/mol. The summed E-state index contributed by atoms with van der Waals surface area (Å²) in [4.78, 5) is 19.3. The summed E-state index contributed by atoms with van der Waals surface area (Å²) in [5, 5.41) is 0. The van der Waals surface area contributed by atoms with E-state index in [9.17, 15) is 4.79 Å². The standard InChI is InChI=1S/C24H25N3O2.2ClH/c1-16-12-19(13-17(2)23(16)29-15-18-6-4-10-26-14-18)24(28)27-11-5-7-20-21(25)8-3-9-22(20)27;;/h3-4,6,8-10,12-14H,5,7,11,15,25H2,1-2H3;2*1H. The first-order chi connectivity index (χ1) is 14.0. The summed E-state index contributed by atoms with van der Waals surface area (Å²) in [6.07, 6.45) is 5.36. The molecule has 1 aliphatic heterocycles. The maximum Gasteiger partial charge on any atom is 0.258 e. The van der Waals surface area contributed by atoms with E-state index in [2.05, 4.69) is 4.98 Å². The molecular weight excluding hydrogens is 433 g/mol. The fourth-order valence-electron chi connectivity index (χ4n) is 3.96. The van der Waals surface area contributed by atoms with E-state index in [4.69, 9.17) is 10.5 Å². The summed E-state index contributed by atoms with van der Waals surface area (Å²) in [7, 11) is 0. The van der Waals surface area contributed by atoms with Crippen LogP contribution in [0.25, 0.3) is 0 Å². The molecule has 0 bridgehead atoms. The van der Waals surface area contributed by atoms with Crippen LogP contribution in [0.4, 0.5) is 11.4 Å². The second-order valence-electron chi connectivity index (χ2n) is 7.49. The summed E-state index contributed by atoms with van der Waals surface area (Å²) in [5.74, 6) is 0.815. The van der Waals surface area contributed by atoms with E-state index in [1.54, 1.807) is 12.4 Å². The smallest absolute Gasteiger partial charge is 0.258 e. The predicted molar refractivity (Wildman–Crippen MR) is 130 cm³/mol. The molecule has 7 heteroatoms. The number of nitrogens with zero attached hydrogens (tertiary/aromatic N) is 2. The van der Waals surface area contributed by atoms with Gasteiger partial charge in [0.25, 0.3) is 5.91 Å². The Morgan fingerprint density at radius 1 is 1.13 bits per heavy atom. The molecule has 0 unspecified atom stereocenters. The number of carbonyl (C=O) groups excluding carboxylic acids is 1. The van der Waals surface area contributed by atoms with Gasteiger partial charge in [0.2, 0.25) is 0 Å². The SMILES string of the molecule is Cc1cc(C(=O)N2CCCc3c(N)cccc32)cc(C)c1OCc1cccnc1.Cl.Cl. The molecule has 31 heavy (non-hydrogen) atoms. The van der Waals surface area contributed by atoms with Crippen molar-refractivity contribution in [1.29, 1.82) is 0 Å². The van der Waals surface area contributed by atoms with Crippen LogP contribution in [0.15, 0.2) is 54.9 Å². The van der Waals surface area contributed by atoms with E-state index in [0.29, 0.717) is 18.7 Å². The maximum absolute atomic E-state index is 13.3. The van der Waals surface area contributed by atoms with Crippen molar-refractivity contribution in [3.63, 3.8) is 0 Å². The molecule has 0 atom stereocenters. The Hall–Kier alpha value is -2.76. The minimum absolute atomic E-state index is 0. The number of pyridine rings is 1. The van der Waals surface area contributed by atoms with E-state index < -0.39 is 0 Å². The third kappa shape index (κ3) is 5.12. The number of fused-ring (bicyclic) bond motifs is 1. The summed E-state index contributed by atoms with van der Waals surface area (Å²) < 4.78 is 6.02. The van der Waals surface area contributed by atoms with Gasteiger partial charge in [-0.2, -0.15) is 0 Å². The first-order valence-electron chi connectivity index (χ1n) is 9.87. The van der Waals surface area contributed by atoms with Gasteiger partial charge in [0.15, 0.2) is 0 Å². The Kier molecular flexibility index (Phi) is 8.31. The maximum atomic E-state index is 13.3. The van der Waals surface area contributed by atoms with E-state index in [1.807, 2.05) is 61.2 Å². The first-order valence-corrected chi connectivity index (χ1v) is 9.87. The normalized spacial score (nSPS) is 12.3. The topological polar surface area (TPSA) is 68.5 Å². The molecule has 0 fully saturated rings. The molecular formula is C24H27Cl2N3O2. The number of aryl methyl sites for hydroxylation is 2. The molecule has 1 aromatic heterocycles. The van der Waals surface area contributed by atoms with Crippen LogP contribution in [0.1, 0.15) is 39.0 Å². The van der Waals surface area contributed by atoms with Crippen LogP contribution in [0.5, 0.6) is 5.75 Å². The number of nitrogens with two attached hydrogens (primary N) is 1. The quantitative estimate of drug-likeness (QED) is 0.537. The number of ether oxygens (including phenoxy) is 1. The Balaban J connectivity index is 0.00000171. The summed E-state index contributed by atoms with van der Waals surface area (Å²) in [5.41, 5.74) is 12.5. The third-order valence-electron chi connectivity index (χ3n) is 5.35. The second kappa shape index (κ2) is 10.5. The Bertz CT molecular complexity index is 1030. The van der Waals surface area contributed by atoms with E-state index in [0.717, 1.165) is 52.2 Å². The lowest BCUT2D eigenvalue weighted by atomic mass is 9.98. The monoisotopic (exact) mass is 459 g/mol. The van der Waals surface area contributed by atoms with Crippen LogP contribution in [-0.4, -0.2) is 17.4 Å². The number of anilines is 2. The van der Waals surface area contributed by atoms with Gasteiger partial charge in [0, 0.05) is 41.4 Å². The largest absolute Gasteiger partial charge is 0.488 e. The number of benzene rings is 2. The highest BCUT2D eigenvalue weighted by Gasteiger charge is 2.25. The lowest BCUT2D eigenvalue weighted by Gasteiger charge is -2.30. The molecule has 164 valence electrons. The van der Waals surface area contributed by atoms with Crippen molar-refractivity contribution in [3.8, 4) is 5.75 Å². The Morgan fingerprint density at radius 3 is 2.55 bits per heavy atom.